The second kappa shape index (κ2) is 6.84. The second-order valence-electron chi connectivity index (χ2n) is 5.34. The van der Waals surface area contributed by atoms with Gasteiger partial charge in [-0.05, 0) is 37.6 Å². The van der Waals surface area contributed by atoms with Gasteiger partial charge in [0.2, 0.25) is 5.91 Å². The molecule has 1 aromatic heterocycles. The zero-order chi connectivity index (χ0) is 16.2. The van der Waals surface area contributed by atoms with Crippen LogP contribution in [0.5, 0.6) is 0 Å². The van der Waals surface area contributed by atoms with Crippen LogP contribution in [0.15, 0.2) is 53.1 Å². The summed E-state index contributed by atoms with van der Waals surface area (Å²) in [5.41, 5.74) is 2.86. The third kappa shape index (κ3) is 3.37. The highest BCUT2D eigenvalue weighted by molar-refractivity contribution is 6.30. The Morgan fingerprint density at radius 1 is 1.30 bits per heavy atom. The molecule has 1 aliphatic heterocycles. The maximum absolute atomic E-state index is 12.1. The molecule has 118 valence electrons. The zero-order valence-electron chi connectivity index (χ0n) is 12.8. The summed E-state index contributed by atoms with van der Waals surface area (Å²) in [6, 6.07) is 7.49. The Balaban J connectivity index is 1.78. The summed E-state index contributed by atoms with van der Waals surface area (Å²) in [6.07, 6.45) is 7.78. The largest absolute Gasteiger partial charge is 0.356 e. The van der Waals surface area contributed by atoms with E-state index in [1.807, 2.05) is 43.3 Å². The summed E-state index contributed by atoms with van der Waals surface area (Å²) in [5.74, 6) is 0.762. The maximum atomic E-state index is 12.1. The van der Waals surface area contributed by atoms with E-state index < -0.39 is 0 Å². The number of carbonyl (C=O) groups excluding carboxylic acids is 1. The maximum Gasteiger partial charge on any atom is 0.246 e. The predicted molar refractivity (Wildman–Crippen MR) is 90.0 cm³/mol. The lowest BCUT2D eigenvalue weighted by molar-refractivity contribution is -0.126. The minimum atomic E-state index is -0.00945. The van der Waals surface area contributed by atoms with Crippen LogP contribution in [0, 0.1) is 0 Å². The van der Waals surface area contributed by atoms with Crippen LogP contribution in [0.2, 0.25) is 5.02 Å². The molecule has 0 radical (unpaired) electrons. The third-order valence-corrected chi connectivity index (χ3v) is 4.05. The van der Waals surface area contributed by atoms with E-state index in [0.29, 0.717) is 18.1 Å². The summed E-state index contributed by atoms with van der Waals surface area (Å²) in [5, 5.41) is 4.83. The van der Waals surface area contributed by atoms with E-state index in [1.165, 1.54) is 0 Å². The first-order valence-corrected chi connectivity index (χ1v) is 7.88. The molecular formula is C18H17ClN2O2. The average molecular weight is 329 g/mol. The molecule has 0 aliphatic carbocycles. The van der Waals surface area contributed by atoms with Gasteiger partial charge in [-0.15, -0.1) is 0 Å². The van der Waals surface area contributed by atoms with Crippen LogP contribution < -0.4 is 0 Å². The third-order valence-electron chi connectivity index (χ3n) is 3.80. The molecule has 0 atom stereocenters. The van der Waals surface area contributed by atoms with Crippen molar-refractivity contribution in [1.29, 1.82) is 0 Å². The van der Waals surface area contributed by atoms with Gasteiger partial charge in [-0.3, -0.25) is 4.79 Å². The molecule has 2 aromatic rings. The lowest BCUT2D eigenvalue weighted by Gasteiger charge is -2.24. The van der Waals surface area contributed by atoms with Crippen LogP contribution in [0.4, 0.5) is 0 Å². The van der Waals surface area contributed by atoms with Crippen molar-refractivity contribution in [2.45, 2.75) is 19.9 Å². The highest BCUT2D eigenvalue weighted by Gasteiger charge is 2.26. The minimum absolute atomic E-state index is 0.00945. The van der Waals surface area contributed by atoms with Crippen molar-refractivity contribution in [3.8, 4) is 11.3 Å². The number of amides is 1. The lowest BCUT2D eigenvalue weighted by Crippen LogP contribution is -2.34. The molecule has 0 saturated heterocycles. The van der Waals surface area contributed by atoms with E-state index in [9.17, 15) is 4.79 Å². The monoisotopic (exact) mass is 328 g/mol. The Bertz CT molecular complexity index is 760. The van der Waals surface area contributed by atoms with Crippen molar-refractivity contribution < 1.29 is 9.32 Å². The van der Waals surface area contributed by atoms with E-state index in [-0.39, 0.29) is 5.91 Å². The number of carbonyl (C=O) groups is 1. The number of halogens is 1. The first-order valence-electron chi connectivity index (χ1n) is 7.50. The molecule has 0 bridgehead atoms. The van der Waals surface area contributed by atoms with Crippen molar-refractivity contribution in [3.05, 3.63) is 64.8 Å². The molecule has 0 N–H and O–H groups in total. The Labute approximate surface area is 140 Å². The fourth-order valence-corrected chi connectivity index (χ4v) is 2.73. The van der Waals surface area contributed by atoms with Crippen molar-refractivity contribution in [2.24, 2.45) is 0 Å². The quantitative estimate of drug-likeness (QED) is 0.631. The fourth-order valence-electron chi connectivity index (χ4n) is 2.60. The summed E-state index contributed by atoms with van der Waals surface area (Å²) >= 11 is 5.92. The first kappa shape index (κ1) is 15.6. The average Bonchev–Trinajstić information content (AvgIpc) is 2.99. The molecule has 1 amide bonds. The Morgan fingerprint density at radius 3 is 2.83 bits per heavy atom. The molecule has 0 saturated carbocycles. The lowest BCUT2D eigenvalue weighted by atomic mass is 10.0. The molecule has 3 rings (SSSR count). The molecule has 0 spiro atoms. The molecule has 4 nitrogen and oxygen atoms in total. The van der Waals surface area contributed by atoms with Crippen molar-refractivity contribution in [2.75, 3.05) is 6.54 Å². The van der Waals surface area contributed by atoms with Crippen LogP contribution in [-0.2, 0) is 17.8 Å². The number of allylic oxidation sites excluding steroid dienone is 3. The molecule has 2 heterocycles. The highest BCUT2D eigenvalue weighted by atomic mass is 35.5. The van der Waals surface area contributed by atoms with Crippen molar-refractivity contribution in [3.63, 3.8) is 0 Å². The van der Waals surface area contributed by atoms with Crippen LogP contribution in [-0.4, -0.2) is 22.5 Å². The van der Waals surface area contributed by atoms with Crippen LogP contribution in [0.1, 0.15) is 18.2 Å². The van der Waals surface area contributed by atoms with Crippen molar-refractivity contribution in [1.82, 2.24) is 10.1 Å². The van der Waals surface area contributed by atoms with Gasteiger partial charge in [0.15, 0.2) is 5.76 Å². The van der Waals surface area contributed by atoms with E-state index in [1.54, 1.807) is 17.1 Å². The van der Waals surface area contributed by atoms with Gasteiger partial charge in [0.05, 0.1) is 6.54 Å². The molecule has 5 heteroatoms. The number of aromatic nitrogens is 1. The van der Waals surface area contributed by atoms with Gasteiger partial charge in [-0.2, -0.15) is 0 Å². The molecule has 1 aromatic carbocycles. The predicted octanol–water partition coefficient (Wildman–Crippen LogP) is 4.01. The van der Waals surface area contributed by atoms with Gasteiger partial charge in [-0.1, -0.05) is 35.0 Å². The molecule has 0 unspecified atom stereocenters. The minimum Gasteiger partial charge on any atom is -0.356 e. The summed E-state index contributed by atoms with van der Waals surface area (Å²) < 4.78 is 5.51. The van der Waals surface area contributed by atoms with Gasteiger partial charge in [-0.25, -0.2) is 0 Å². The summed E-state index contributed by atoms with van der Waals surface area (Å²) in [6.45, 7) is 3.05. The SMILES string of the molecule is C/C=C/C=C/C(=O)N1CCc2c(noc2-c2ccc(Cl)cc2)C1. The number of hydrogen-bond donors (Lipinski definition) is 0. The first-order chi connectivity index (χ1) is 11.2. The second-order valence-corrected chi connectivity index (χ2v) is 5.77. The fraction of sp³-hybridized carbons (Fsp3) is 0.222. The topological polar surface area (TPSA) is 46.3 Å². The Hall–Kier alpha value is -2.33. The number of fused-ring (bicyclic) bond motifs is 1. The normalized spacial score (nSPS) is 14.6. The molecular weight excluding hydrogens is 312 g/mol. The van der Waals surface area contributed by atoms with Gasteiger partial charge < -0.3 is 9.42 Å². The van der Waals surface area contributed by atoms with Gasteiger partial charge >= 0.3 is 0 Å². The summed E-state index contributed by atoms with van der Waals surface area (Å²) in [4.78, 5) is 13.9. The number of nitrogens with zero attached hydrogens (tertiary/aromatic N) is 2. The number of hydrogen-bond acceptors (Lipinski definition) is 3. The van der Waals surface area contributed by atoms with Gasteiger partial charge in [0.1, 0.15) is 5.69 Å². The Morgan fingerprint density at radius 2 is 2.09 bits per heavy atom. The van der Waals surface area contributed by atoms with E-state index in [2.05, 4.69) is 5.16 Å². The van der Waals surface area contributed by atoms with E-state index >= 15 is 0 Å². The van der Waals surface area contributed by atoms with Crippen LogP contribution >= 0.6 is 11.6 Å². The smallest absolute Gasteiger partial charge is 0.246 e. The highest BCUT2D eigenvalue weighted by Crippen LogP contribution is 2.31. The van der Waals surface area contributed by atoms with Crippen molar-refractivity contribution >= 4 is 17.5 Å². The summed E-state index contributed by atoms with van der Waals surface area (Å²) in [7, 11) is 0. The molecule has 1 aliphatic rings. The van der Waals surface area contributed by atoms with Crippen LogP contribution in [0.25, 0.3) is 11.3 Å². The zero-order valence-corrected chi connectivity index (χ0v) is 13.6. The van der Waals surface area contributed by atoms with E-state index in [4.69, 9.17) is 16.1 Å². The number of benzene rings is 1. The standard InChI is InChI=1S/C18H17ClN2O2/c1-2-3-4-5-17(22)21-11-10-15-16(12-21)20-23-18(15)13-6-8-14(19)9-7-13/h2-9H,10-12H2,1H3/b3-2+,5-4+. The van der Waals surface area contributed by atoms with E-state index in [0.717, 1.165) is 29.0 Å². The van der Waals surface area contributed by atoms with Crippen LogP contribution in [0.3, 0.4) is 0 Å². The van der Waals surface area contributed by atoms with Gasteiger partial charge in [0.25, 0.3) is 0 Å². The molecule has 23 heavy (non-hydrogen) atoms. The number of rotatable bonds is 3. The molecule has 0 fully saturated rings. The van der Waals surface area contributed by atoms with Gasteiger partial charge in [0, 0.05) is 28.8 Å². The Kier molecular flexibility index (Phi) is 4.63.